The Balaban J connectivity index is 1.56. The first-order chi connectivity index (χ1) is 12.6. The van der Waals surface area contributed by atoms with Crippen molar-refractivity contribution in [3.8, 4) is 17.3 Å². The molecule has 1 amide bonds. The summed E-state index contributed by atoms with van der Waals surface area (Å²) in [4.78, 5) is 15.4. The van der Waals surface area contributed by atoms with Gasteiger partial charge in [-0.25, -0.2) is 0 Å². The molecule has 0 aliphatic carbocycles. The monoisotopic (exact) mass is 348 g/mol. The van der Waals surface area contributed by atoms with Crippen LogP contribution in [0.4, 0.5) is 0 Å². The van der Waals surface area contributed by atoms with Gasteiger partial charge in [0.15, 0.2) is 0 Å². The zero-order valence-corrected chi connectivity index (χ0v) is 15.3. The Labute approximate surface area is 154 Å². The van der Waals surface area contributed by atoms with Gasteiger partial charge in [0.1, 0.15) is 5.69 Å². The highest BCUT2D eigenvalue weighted by Gasteiger charge is 2.40. The zero-order chi connectivity index (χ0) is 18.3. The molecule has 3 fully saturated rings. The molecule has 26 heavy (non-hydrogen) atoms. The third-order valence-electron chi connectivity index (χ3n) is 6.12. The summed E-state index contributed by atoms with van der Waals surface area (Å²) in [5.41, 5.74) is 3.16. The maximum absolute atomic E-state index is 12.9. The average molecular weight is 348 g/mol. The lowest BCUT2D eigenvalue weighted by molar-refractivity contribution is 0.0215. The normalized spacial score (nSPS) is 27.1. The molecule has 5 nitrogen and oxygen atoms in total. The molecular weight excluding hydrogens is 324 g/mol. The van der Waals surface area contributed by atoms with Crippen LogP contribution in [0.3, 0.4) is 0 Å². The molecule has 3 aliphatic heterocycles. The number of piperidine rings is 3. The number of nitrogens with zero attached hydrogens (tertiary/aromatic N) is 3. The number of fused-ring (bicyclic) bond motifs is 3. The van der Waals surface area contributed by atoms with Crippen molar-refractivity contribution in [2.75, 3.05) is 13.1 Å². The van der Waals surface area contributed by atoms with Gasteiger partial charge in [0, 0.05) is 24.8 Å². The molecule has 3 aliphatic rings. The molecule has 2 aromatic rings. The van der Waals surface area contributed by atoms with Crippen molar-refractivity contribution in [2.45, 2.75) is 31.8 Å². The van der Waals surface area contributed by atoms with E-state index in [-0.39, 0.29) is 11.9 Å². The smallest absolute Gasteiger partial charge is 0.268 e. The van der Waals surface area contributed by atoms with Crippen molar-refractivity contribution in [1.29, 1.82) is 5.26 Å². The van der Waals surface area contributed by atoms with Crippen LogP contribution in [0.1, 0.15) is 35.8 Å². The summed E-state index contributed by atoms with van der Waals surface area (Å²) < 4.78 is 1.91. The molecule has 1 aromatic carbocycles. The summed E-state index contributed by atoms with van der Waals surface area (Å²) in [5.74, 6) is 0.576. The van der Waals surface area contributed by atoms with Crippen molar-refractivity contribution in [3.05, 3.63) is 47.7 Å². The number of nitrogens with one attached hydrogen (secondary N) is 1. The van der Waals surface area contributed by atoms with Crippen LogP contribution >= 0.6 is 0 Å². The second-order valence-corrected chi connectivity index (χ2v) is 7.47. The van der Waals surface area contributed by atoms with E-state index in [2.05, 4.69) is 23.2 Å². The van der Waals surface area contributed by atoms with Crippen LogP contribution in [0.2, 0.25) is 0 Å². The first kappa shape index (κ1) is 16.9. The van der Waals surface area contributed by atoms with E-state index in [1.165, 1.54) is 12.8 Å². The Morgan fingerprint density at radius 2 is 2.00 bits per heavy atom. The molecule has 0 saturated carbocycles. The van der Waals surface area contributed by atoms with Crippen LogP contribution in [-0.2, 0) is 7.05 Å². The fourth-order valence-electron chi connectivity index (χ4n) is 4.55. The van der Waals surface area contributed by atoms with Gasteiger partial charge in [-0.05, 0) is 68.6 Å². The minimum Gasteiger partial charge on any atom is -0.346 e. The summed E-state index contributed by atoms with van der Waals surface area (Å²) in [5, 5.41) is 12.4. The highest BCUT2D eigenvalue weighted by Crippen LogP contribution is 2.32. The quantitative estimate of drug-likeness (QED) is 0.928. The van der Waals surface area contributed by atoms with Gasteiger partial charge in [0.2, 0.25) is 0 Å². The van der Waals surface area contributed by atoms with E-state index >= 15 is 0 Å². The van der Waals surface area contributed by atoms with Crippen LogP contribution in [0, 0.1) is 17.2 Å². The van der Waals surface area contributed by atoms with Gasteiger partial charge < -0.3 is 9.88 Å². The van der Waals surface area contributed by atoms with Gasteiger partial charge in [0.05, 0.1) is 11.6 Å². The number of hydrogen-bond acceptors (Lipinski definition) is 3. The molecule has 5 rings (SSSR count). The summed E-state index contributed by atoms with van der Waals surface area (Å²) in [6.45, 7) is 4.53. The van der Waals surface area contributed by atoms with Crippen molar-refractivity contribution in [2.24, 2.45) is 13.0 Å². The lowest BCUT2D eigenvalue weighted by Gasteiger charge is -2.49. The molecule has 2 atom stereocenters. The highest BCUT2D eigenvalue weighted by atomic mass is 16.2. The second-order valence-electron chi connectivity index (χ2n) is 7.47. The molecule has 3 saturated heterocycles. The maximum Gasteiger partial charge on any atom is 0.268 e. The number of aromatic nitrogens is 1. The average Bonchev–Trinajstić information content (AvgIpc) is 3.06. The first-order valence-corrected chi connectivity index (χ1v) is 9.29. The van der Waals surface area contributed by atoms with E-state index in [9.17, 15) is 4.79 Å². The van der Waals surface area contributed by atoms with E-state index in [1.54, 1.807) is 6.07 Å². The van der Waals surface area contributed by atoms with Gasteiger partial charge >= 0.3 is 0 Å². The van der Waals surface area contributed by atoms with Crippen LogP contribution in [0.15, 0.2) is 36.4 Å². The standard InChI is InChI=1S/C21H24N4O/c1-14-20(16-8-10-25(14)11-9-16)23-21(26)19-7-6-18(24(19)2)17-5-3-4-15(12-17)13-22/h3-7,12,14,16,20H,8-11H2,1-2H3,(H,23,26)/t14-,20-/m0/s1. The molecule has 0 radical (unpaired) electrons. The van der Waals surface area contributed by atoms with Crippen molar-refractivity contribution < 1.29 is 4.79 Å². The van der Waals surface area contributed by atoms with Gasteiger partial charge in [-0.3, -0.25) is 9.69 Å². The predicted octanol–water partition coefficient (Wildman–Crippen LogP) is 2.78. The third kappa shape index (κ3) is 2.81. The number of rotatable bonds is 3. The lowest BCUT2D eigenvalue weighted by atomic mass is 9.79. The number of carbonyl (C=O) groups is 1. The SMILES string of the molecule is C[C@H]1[C@H](NC(=O)c2ccc(-c3cccc(C#N)c3)n2C)C2CCN1CC2. The van der Waals surface area contributed by atoms with E-state index < -0.39 is 0 Å². The number of amides is 1. The Kier molecular flexibility index (Phi) is 4.29. The lowest BCUT2D eigenvalue weighted by Crippen LogP contribution is -2.62. The Morgan fingerprint density at radius 3 is 2.69 bits per heavy atom. The topological polar surface area (TPSA) is 61.1 Å². The maximum atomic E-state index is 12.9. The molecule has 5 heteroatoms. The predicted molar refractivity (Wildman–Crippen MR) is 101 cm³/mol. The molecule has 4 heterocycles. The number of carbonyl (C=O) groups excluding carboxylic acids is 1. The molecular formula is C21H24N4O. The summed E-state index contributed by atoms with van der Waals surface area (Å²) >= 11 is 0. The zero-order valence-electron chi connectivity index (χ0n) is 15.3. The van der Waals surface area contributed by atoms with E-state index in [0.29, 0.717) is 23.2 Å². The Hall–Kier alpha value is -2.58. The Morgan fingerprint density at radius 1 is 1.23 bits per heavy atom. The Bertz CT molecular complexity index is 868. The minimum atomic E-state index is -0.0132. The fourth-order valence-corrected chi connectivity index (χ4v) is 4.55. The van der Waals surface area contributed by atoms with Crippen LogP contribution in [-0.4, -0.2) is 40.5 Å². The van der Waals surface area contributed by atoms with E-state index in [4.69, 9.17) is 5.26 Å². The highest BCUT2D eigenvalue weighted by molar-refractivity contribution is 5.94. The van der Waals surface area contributed by atoms with Gasteiger partial charge in [-0.2, -0.15) is 5.26 Å². The van der Waals surface area contributed by atoms with Gasteiger partial charge in [-0.15, -0.1) is 0 Å². The van der Waals surface area contributed by atoms with Gasteiger partial charge in [-0.1, -0.05) is 12.1 Å². The summed E-state index contributed by atoms with van der Waals surface area (Å²) in [7, 11) is 1.91. The van der Waals surface area contributed by atoms with Crippen molar-refractivity contribution in [1.82, 2.24) is 14.8 Å². The number of hydrogen-bond donors (Lipinski definition) is 1. The van der Waals surface area contributed by atoms with Crippen molar-refractivity contribution >= 4 is 5.91 Å². The first-order valence-electron chi connectivity index (χ1n) is 9.29. The molecule has 1 N–H and O–H groups in total. The van der Waals surface area contributed by atoms with Crippen LogP contribution in [0.5, 0.6) is 0 Å². The van der Waals surface area contributed by atoms with Crippen molar-refractivity contribution in [3.63, 3.8) is 0 Å². The molecule has 0 unspecified atom stereocenters. The van der Waals surface area contributed by atoms with E-state index in [0.717, 1.165) is 24.3 Å². The number of nitriles is 1. The largest absolute Gasteiger partial charge is 0.346 e. The van der Waals surface area contributed by atoms with E-state index in [1.807, 2.05) is 41.9 Å². The molecule has 0 spiro atoms. The molecule has 134 valence electrons. The minimum absolute atomic E-state index is 0.0132. The molecule has 1 aromatic heterocycles. The third-order valence-corrected chi connectivity index (χ3v) is 6.12. The molecule has 2 bridgehead atoms. The fraction of sp³-hybridized carbons (Fsp3) is 0.429. The number of benzene rings is 1. The van der Waals surface area contributed by atoms with Crippen LogP contribution < -0.4 is 5.32 Å². The summed E-state index contributed by atoms with van der Waals surface area (Å²) in [6.07, 6.45) is 2.35. The second kappa shape index (κ2) is 6.62. The van der Waals surface area contributed by atoms with Crippen LogP contribution in [0.25, 0.3) is 11.3 Å². The van der Waals surface area contributed by atoms with Gasteiger partial charge in [0.25, 0.3) is 5.91 Å². The summed E-state index contributed by atoms with van der Waals surface area (Å²) in [6, 6.07) is 14.1.